The van der Waals surface area contributed by atoms with Crippen LogP contribution in [0.25, 0.3) is 0 Å². The molecule has 2 rings (SSSR count). The molecule has 76 valence electrons. The van der Waals surface area contributed by atoms with Crippen LogP contribution in [-0.4, -0.2) is 37.7 Å². The first-order chi connectivity index (χ1) is 6.34. The van der Waals surface area contributed by atoms with Crippen molar-refractivity contribution in [3.63, 3.8) is 0 Å². The Morgan fingerprint density at radius 1 is 1.23 bits per heavy atom. The summed E-state index contributed by atoms with van der Waals surface area (Å²) in [6.07, 6.45) is 4.37. The molecule has 1 heterocycles. The second kappa shape index (κ2) is 4.43. The highest BCUT2D eigenvalue weighted by molar-refractivity contribution is 4.76. The minimum Gasteiger partial charge on any atom is -0.379 e. The second-order valence-electron chi connectivity index (χ2n) is 4.70. The Balaban J connectivity index is 1.71. The summed E-state index contributed by atoms with van der Waals surface area (Å²) in [5, 5.41) is 0. The van der Waals surface area contributed by atoms with Crippen LogP contribution in [0, 0.1) is 11.8 Å². The van der Waals surface area contributed by atoms with Crippen molar-refractivity contribution in [3.05, 3.63) is 0 Å². The fourth-order valence-corrected chi connectivity index (χ4v) is 2.64. The number of hydrogen-bond donors (Lipinski definition) is 0. The van der Waals surface area contributed by atoms with Crippen molar-refractivity contribution in [1.29, 1.82) is 0 Å². The molecule has 0 aromatic heterocycles. The monoisotopic (exact) mass is 183 g/mol. The van der Waals surface area contributed by atoms with Crippen LogP contribution in [0.1, 0.15) is 26.2 Å². The zero-order valence-electron chi connectivity index (χ0n) is 8.67. The third-order valence-corrected chi connectivity index (χ3v) is 3.42. The van der Waals surface area contributed by atoms with Gasteiger partial charge in [0.1, 0.15) is 0 Å². The Morgan fingerprint density at radius 3 is 2.62 bits per heavy atom. The predicted molar refractivity (Wildman–Crippen MR) is 53.8 cm³/mol. The highest BCUT2D eigenvalue weighted by Crippen LogP contribution is 2.30. The van der Waals surface area contributed by atoms with E-state index >= 15 is 0 Å². The Labute approximate surface area is 81.3 Å². The maximum Gasteiger partial charge on any atom is 0.0594 e. The van der Waals surface area contributed by atoms with E-state index in [1.165, 1.54) is 25.8 Å². The summed E-state index contributed by atoms with van der Waals surface area (Å²) in [4.78, 5) is 2.58. The van der Waals surface area contributed by atoms with Crippen LogP contribution in [0.2, 0.25) is 0 Å². The molecule has 1 saturated heterocycles. The molecule has 1 aliphatic heterocycles. The van der Waals surface area contributed by atoms with Crippen molar-refractivity contribution in [3.8, 4) is 0 Å². The smallest absolute Gasteiger partial charge is 0.0594 e. The SMILES string of the molecule is CC1CCC(CN2CCOCC2)C1. The fourth-order valence-electron chi connectivity index (χ4n) is 2.64. The molecule has 13 heavy (non-hydrogen) atoms. The van der Waals surface area contributed by atoms with E-state index in [-0.39, 0.29) is 0 Å². The molecule has 0 aromatic rings. The third-order valence-electron chi connectivity index (χ3n) is 3.42. The van der Waals surface area contributed by atoms with E-state index in [1.54, 1.807) is 0 Å². The van der Waals surface area contributed by atoms with Gasteiger partial charge in [-0.25, -0.2) is 0 Å². The van der Waals surface area contributed by atoms with Crippen molar-refractivity contribution < 1.29 is 4.74 Å². The van der Waals surface area contributed by atoms with Gasteiger partial charge in [0.25, 0.3) is 0 Å². The lowest BCUT2D eigenvalue weighted by Crippen LogP contribution is -2.38. The molecule has 0 spiro atoms. The maximum atomic E-state index is 5.34. The van der Waals surface area contributed by atoms with Gasteiger partial charge in [-0.1, -0.05) is 13.3 Å². The van der Waals surface area contributed by atoms with E-state index in [0.29, 0.717) is 0 Å². The summed E-state index contributed by atoms with van der Waals surface area (Å²) in [5.41, 5.74) is 0. The standard InChI is InChI=1S/C11H21NO/c1-10-2-3-11(8-10)9-12-4-6-13-7-5-12/h10-11H,2-9H2,1H3. The van der Waals surface area contributed by atoms with Crippen LogP contribution in [0.15, 0.2) is 0 Å². The summed E-state index contributed by atoms with van der Waals surface area (Å²) in [7, 11) is 0. The largest absolute Gasteiger partial charge is 0.379 e. The van der Waals surface area contributed by atoms with E-state index < -0.39 is 0 Å². The molecule has 2 heteroatoms. The summed E-state index contributed by atoms with van der Waals surface area (Å²) in [6, 6.07) is 0. The highest BCUT2D eigenvalue weighted by atomic mass is 16.5. The van der Waals surface area contributed by atoms with Crippen LogP contribution in [0.3, 0.4) is 0 Å². The first-order valence-electron chi connectivity index (χ1n) is 5.64. The average Bonchev–Trinajstić information content (AvgIpc) is 2.53. The van der Waals surface area contributed by atoms with Gasteiger partial charge in [-0.05, 0) is 24.7 Å². The Hall–Kier alpha value is -0.0800. The van der Waals surface area contributed by atoms with E-state index in [1.807, 2.05) is 0 Å². The normalized spacial score (nSPS) is 36.7. The molecule has 0 N–H and O–H groups in total. The van der Waals surface area contributed by atoms with Gasteiger partial charge >= 0.3 is 0 Å². The van der Waals surface area contributed by atoms with Gasteiger partial charge in [0.05, 0.1) is 13.2 Å². The number of morpholine rings is 1. The first-order valence-corrected chi connectivity index (χ1v) is 5.64. The lowest BCUT2D eigenvalue weighted by atomic mass is 10.1. The molecule has 0 radical (unpaired) electrons. The molecule has 0 amide bonds. The van der Waals surface area contributed by atoms with Crippen LogP contribution >= 0.6 is 0 Å². The van der Waals surface area contributed by atoms with Gasteiger partial charge in [-0.15, -0.1) is 0 Å². The van der Waals surface area contributed by atoms with E-state index in [2.05, 4.69) is 11.8 Å². The number of ether oxygens (including phenoxy) is 1. The van der Waals surface area contributed by atoms with Gasteiger partial charge in [0.2, 0.25) is 0 Å². The molecule has 1 saturated carbocycles. The summed E-state index contributed by atoms with van der Waals surface area (Å²) in [6.45, 7) is 7.92. The van der Waals surface area contributed by atoms with Crippen LogP contribution in [0.4, 0.5) is 0 Å². The second-order valence-corrected chi connectivity index (χ2v) is 4.70. The molecule has 2 aliphatic rings. The van der Waals surface area contributed by atoms with Crippen molar-refractivity contribution in [2.75, 3.05) is 32.8 Å². The van der Waals surface area contributed by atoms with Crippen molar-refractivity contribution >= 4 is 0 Å². The number of rotatable bonds is 2. The van der Waals surface area contributed by atoms with Crippen molar-refractivity contribution in [2.24, 2.45) is 11.8 Å². The van der Waals surface area contributed by atoms with E-state index in [0.717, 1.165) is 38.1 Å². The highest BCUT2D eigenvalue weighted by Gasteiger charge is 2.23. The third kappa shape index (κ3) is 2.68. The lowest BCUT2D eigenvalue weighted by molar-refractivity contribution is 0.0308. The fraction of sp³-hybridized carbons (Fsp3) is 1.00. The van der Waals surface area contributed by atoms with E-state index in [4.69, 9.17) is 4.74 Å². The quantitative estimate of drug-likeness (QED) is 0.647. The molecule has 1 aliphatic carbocycles. The molecule has 2 nitrogen and oxygen atoms in total. The molecular weight excluding hydrogens is 162 g/mol. The average molecular weight is 183 g/mol. The molecule has 2 atom stereocenters. The topological polar surface area (TPSA) is 12.5 Å². The summed E-state index contributed by atoms with van der Waals surface area (Å²) in [5.74, 6) is 1.96. The van der Waals surface area contributed by atoms with Gasteiger partial charge in [-0.2, -0.15) is 0 Å². The van der Waals surface area contributed by atoms with Crippen molar-refractivity contribution in [1.82, 2.24) is 4.90 Å². The minimum atomic E-state index is 0.947. The van der Waals surface area contributed by atoms with Crippen LogP contribution in [0.5, 0.6) is 0 Å². The summed E-state index contributed by atoms with van der Waals surface area (Å²) < 4.78 is 5.34. The molecule has 2 unspecified atom stereocenters. The minimum absolute atomic E-state index is 0.947. The van der Waals surface area contributed by atoms with Gasteiger partial charge in [-0.3, -0.25) is 4.90 Å². The van der Waals surface area contributed by atoms with E-state index in [9.17, 15) is 0 Å². The molecule has 0 aromatic carbocycles. The lowest BCUT2D eigenvalue weighted by Gasteiger charge is -2.29. The molecular formula is C11H21NO. The first kappa shape index (κ1) is 9.47. The number of hydrogen-bond acceptors (Lipinski definition) is 2. The number of nitrogens with zero attached hydrogens (tertiary/aromatic N) is 1. The molecule has 0 bridgehead atoms. The Morgan fingerprint density at radius 2 is 2.00 bits per heavy atom. The predicted octanol–water partition coefficient (Wildman–Crippen LogP) is 1.75. The van der Waals surface area contributed by atoms with Crippen molar-refractivity contribution in [2.45, 2.75) is 26.2 Å². The zero-order valence-corrected chi connectivity index (χ0v) is 8.67. The van der Waals surface area contributed by atoms with Gasteiger partial charge in [0.15, 0.2) is 0 Å². The molecule has 2 fully saturated rings. The van der Waals surface area contributed by atoms with Crippen LogP contribution in [-0.2, 0) is 4.74 Å². The van der Waals surface area contributed by atoms with Gasteiger partial charge < -0.3 is 4.74 Å². The Bertz CT molecular complexity index is 151. The maximum absolute atomic E-state index is 5.34. The van der Waals surface area contributed by atoms with Gasteiger partial charge in [0, 0.05) is 19.6 Å². The van der Waals surface area contributed by atoms with Crippen LogP contribution < -0.4 is 0 Å². The Kier molecular flexibility index (Phi) is 3.23. The summed E-state index contributed by atoms with van der Waals surface area (Å²) >= 11 is 0. The zero-order chi connectivity index (χ0) is 9.10.